The number of rotatable bonds is 9. The van der Waals surface area contributed by atoms with E-state index in [0.717, 1.165) is 24.3 Å². The molecule has 1 heterocycles. The molecule has 0 aliphatic carbocycles. The summed E-state index contributed by atoms with van der Waals surface area (Å²) in [5.41, 5.74) is 2.45. The largest absolute Gasteiger partial charge is 0.497 e. The Labute approximate surface area is 156 Å². The highest BCUT2D eigenvalue weighted by atomic mass is 16.5. The van der Waals surface area contributed by atoms with E-state index in [1.165, 1.54) is 18.4 Å². The number of aliphatic hydroxyl groups is 1. The third kappa shape index (κ3) is 5.56. The lowest BCUT2D eigenvalue weighted by molar-refractivity contribution is 0.00788. The van der Waals surface area contributed by atoms with E-state index in [4.69, 9.17) is 9.47 Å². The summed E-state index contributed by atoms with van der Waals surface area (Å²) in [7, 11) is 1.66. The molecule has 1 saturated heterocycles. The highest BCUT2D eigenvalue weighted by molar-refractivity contribution is 5.26. The van der Waals surface area contributed by atoms with Crippen molar-refractivity contribution in [2.24, 2.45) is 0 Å². The molecule has 2 aromatic carbocycles. The average Bonchev–Trinajstić information content (AvgIpc) is 3.09. The maximum absolute atomic E-state index is 10.4. The van der Waals surface area contributed by atoms with Gasteiger partial charge in [-0.2, -0.15) is 0 Å². The van der Waals surface area contributed by atoms with Crippen molar-refractivity contribution in [3.63, 3.8) is 0 Å². The van der Waals surface area contributed by atoms with Crippen molar-refractivity contribution in [1.82, 2.24) is 4.90 Å². The molecular formula is C22H29NO3. The van der Waals surface area contributed by atoms with Gasteiger partial charge in [-0.05, 0) is 49.1 Å². The van der Waals surface area contributed by atoms with Gasteiger partial charge in [0.15, 0.2) is 0 Å². The zero-order valence-electron chi connectivity index (χ0n) is 15.5. The Bertz CT molecular complexity index is 644. The van der Waals surface area contributed by atoms with Crippen molar-refractivity contribution < 1.29 is 14.6 Å². The standard InChI is InChI=1S/C22H29NO3/c1-25-22-11-9-19(10-12-22)16-26-17-21(24)15-23-13-5-8-20(23)14-18-6-3-2-4-7-18/h2-4,6-7,9-12,20-21,24H,5,8,13-17H2,1H3/t20-,21-/m1/s1. The molecule has 26 heavy (non-hydrogen) atoms. The third-order valence-electron chi connectivity index (χ3n) is 5.00. The lowest BCUT2D eigenvalue weighted by Crippen LogP contribution is -2.39. The molecule has 1 aliphatic rings. The molecule has 1 aliphatic heterocycles. The van der Waals surface area contributed by atoms with Crippen molar-refractivity contribution in [3.8, 4) is 5.75 Å². The SMILES string of the molecule is COc1ccc(COC[C@H](O)CN2CCC[C@@H]2Cc2ccccc2)cc1. The van der Waals surface area contributed by atoms with Crippen molar-refractivity contribution >= 4 is 0 Å². The third-order valence-corrected chi connectivity index (χ3v) is 5.00. The van der Waals surface area contributed by atoms with E-state index in [0.29, 0.717) is 25.8 Å². The number of hydrogen-bond donors (Lipinski definition) is 1. The zero-order valence-corrected chi connectivity index (χ0v) is 15.5. The minimum absolute atomic E-state index is 0.362. The Morgan fingerprint density at radius 3 is 2.58 bits per heavy atom. The molecule has 0 unspecified atom stereocenters. The fourth-order valence-electron chi connectivity index (χ4n) is 3.61. The van der Waals surface area contributed by atoms with Crippen LogP contribution in [0.2, 0.25) is 0 Å². The molecule has 4 nitrogen and oxygen atoms in total. The smallest absolute Gasteiger partial charge is 0.118 e. The van der Waals surface area contributed by atoms with Crippen LogP contribution in [0.15, 0.2) is 54.6 Å². The van der Waals surface area contributed by atoms with Crippen LogP contribution >= 0.6 is 0 Å². The van der Waals surface area contributed by atoms with Gasteiger partial charge in [0.05, 0.1) is 26.4 Å². The van der Waals surface area contributed by atoms with E-state index < -0.39 is 6.10 Å². The number of likely N-dealkylation sites (tertiary alicyclic amines) is 1. The second-order valence-electron chi connectivity index (χ2n) is 7.00. The Morgan fingerprint density at radius 1 is 1.08 bits per heavy atom. The second-order valence-corrected chi connectivity index (χ2v) is 7.00. The summed E-state index contributed by atoms with van der Waals surface area (Å²) in [6, 6.07) is 19.0. The number of nitrogens with zero attached hydrogens (tertiary/aromatic N) is 1. The fraction of sp³-hybridized carbons (Fsp3) is 0.455. The topological polar surface area (TPSA) is 41.9 Å². The molecule has 0 spiro atoms. The van der Waals surface area contributed by atoms with Gasteiger partial charge >= 0.3 is 0 Å². The quantitative estimate of drug-likeness (QED) is 0.750. The van der Waals surface area contributed by atoms with Gasteiger partial charge in [0.1, 0.15) is 5.75 Å². The molecule has 0 aromatic heterocycles. The molecule has 0 saturated carbocycles. The molecule has 1 N–H and O–H groups in total. The van der Waals surface area contributed by atoms with Crippen molar-refractivity contribution in [2.45, 2.75) is 38.0 Å². The molecule has 2 aromatic rings. The number of ether oxygens (including phenoxy) is 2. The summed E-state index contributed by atoms with van der Waals surface area (Å²) in [6.07, 6.45) is 3.01. The van der Waals surface area contributed by atoms with E-state index in [-0.39, 0.29) is 0 Å². The van der Waals surface area contributed by atoms with E-state index in [9.17, 15) is 5.11 Å². The van der Waals surface area contributed by atoms with Crippen LogP contribution in [0.25, 0.3) is 0 Å². The van der Waals surface area contributed by atoms with Crippen molar-refractivity contribution in [3.05, 3.63) is 65.7 Å². The number of β-amino-alcohol motifs (C(OH)–C–C–N with tert-alkyl or cyclic N) is 1. The molecule has 0 bridgehead atoms. The zero-order chi connectivity index (χ0) is 18.2. The van der Waals surface area contributed by atoms with Gasteiger partial charge in [-0.1, -0.05) is 42.5 Å². The Balaban J connectivity index is 1.41. The Morgan fingerprint density at radius 2 is 1.85 bits per heavy atom. The summed E-state index contributed by atoms with van der Waals surface area (Å²) >= 11 is 0. The molecule has 4 heteroatoms. The van der Waals surface area contributed by atoms with E-state index >= 15 is 0 Å². The van der Waals surface area contributed by atoms with Gasteiger partial charge in [-0.15, -0.1) is 0 Å². The maximum Gasteiger partial charge on any atom is 0.118 e. The molecule has 2 atom stereocenters. The Hall–Kier alpha value is -1.88. The summed E-state index contributed by atoms with van der Waals surface area (Å²) < 4.78 is 10.9. The van der Waals surface area contributed by atoms with Gasteiger partial charge < -0.3 is 14.6 Å². The van der Waals surface area contributed by atoms with E-state index in [2.05, 4.69) is 35.2 Å². The van der Waals surface area contributed by atoms with E-state index in [1.807, 2.05) is 24.3 Å². The second kappa shape index (κ2) is 9.72. The highest BCUT2D eigenvalue weighted by Crippen LogP contribution is 2.21. The lowest BCUT2D eigenvalue weighted by atomic mass is 10.0. The highest BCUT2D eigenvalue weighted by Gasteiger charge is 2.26. The first-order valence-corrected chi connectivity index (χ1v) is 9.41. The molecule has 1 fully saturated rings. The van der Waals surface area contributed by atoms with Crippen LogP contribution in [0.1, 0.15) is 24.0 Å². The predicted octanol–water partition coefficient (Wildman–Crippen LogP) is 3.28. The lowest BCUT2D eigenvalue weighted by Gasteiger charge is -2.27. The van der Waals surface area contributed by atoms with Gasteiger partial charge in [-0.25, -0.2) is 0 Å². The molecular weight excluding hydrogens is 326 g/mol. The van der Waals surface area contributed by atoms with Crippen molar-refractivity contribution in [1.29, 1.82) is 0 Å². The first-order chi connectivity index (χ1) is 12.7. The summed E-state index contributed by atoms with van der Waals surface area (Å²) in [5, 5.41) is 10.4. The minimum Gasteiger partial charge on any atom is -0.497 e. The summed E-state index contributed by atoms with van der Waals surface area (Å²) in [5.74, 6) is 0.840. The van der Waals surface area contributed by atoms with Gasteiger partial charge in [0.2, 0.25) is 0 Å². The summed E-state index contributed by atoms with van der Waals surface area (Å²) in [6.45, 7) is 2.61. The van der Waals surface area contributed by atoms with E-state index in [1.54, 1.807) is 7.11 Å². The van der Waals surface area contributed by atoms with Crippen LogP contribution in [0.5, 0.6) is 5.75 Å². The number of aliphatic hydroxyl groups excluding tert-OH is 1. The summed E-state index contributed by atoms with van der Waals surface area (Å²) in [4.78, 5) is 2.41. The first kappa shape index (κ1) is 18.9. The first-order valence-electron chi connectivity index (χ1n) is 9.41. The Kier molecular flexibility index (Phi) is 7.06. The van der Waals surface area contributed by atoms with Crippen LogP contribution in [0, 0.1) is 0 Å². The molecule has 140 valence electrons. The normalized spacial score (nSPS) is 18.8. The van der Waals surface area contributed by atoms with Crippen LogP contribution in [-0.2, 0) is 17.8 Å². The van der Waals surface area contributed by atoms with Gasteiger partial charge in [0.25, 0.3) is 0 Å². The van der Waals surface area contributed by atoms with Gasteiger partial charge in [0, 0.05) is 12.6 Å². The van der Waals surface area contributed by atoms with Crippen LogP contribution in [0.3, 0.4) is 0 Å². The number of benzene rings is 2. The monoisotopic (exact) mass is 355 g/mol. The van der Waals surface area contributed by atoms with Crippen LogP contribution in [0.4, 0.5) is 0 Å². The maximum atomic E-state index is 10.4. The predicted molar refractivity (Wildman–Crippen MR) is 103 cm³/mol. The number of methoxy groups -OCH3 is 1. The van der Waals surface area contributed by atoms with Crippen LogP contribution < -0.4 is 4.74 Å². The van der Waals surface area contributed by atoms with Gasteiger partial charge in [-0.3, -0.25) is 4.90 Å². The minimum atomic E-state index is -0.454. The average molecular weight is 355 g/mol. The molecule has 3 rings (SSSR count). The van der Waals surface area contributed by atoms with Crippen LogP contribution in [-0.4, -0.2) is 49.0 Å². The van der Waals surface area contributed by atoms with Crippen molar-refractivity contribution in [2.75, 3.05) is 26.8 Å². The molecule has 0 amide bonds. The molecule has 0 radical (unpaired) electrons. The fourth-order valence-corrected chi connectivity index (χ4v) is 3.61. The number of hydrogen-bond acceptors (Lipinski definition) is 4.